The van der Waals surface area contributed by atoms with Gasteiger partial charge in [0.1, 0.15) is 16.9 Å². The summed E-state index contributed by atoms with van der Waals surface area (Å²) in [4.78, 5) is 13.7. The van der Waals surface area contributed by atoms with Crippen LogP contribution in [0.1, 0.15) is 17.9 Å². The first-order chi connectivity index (χ1) is 9.56. The summed E-state index contributed by atoms with van der Waals surface area (Å²) < 4.78 is 10.6. The third-order valence-corrected chi connectivity index (χ3v) is 4.37. The van der Waals surface area contributed by atoms with E-state index < -0.39 is 6.10 Å². The lowest BCUT2D eigenvalue weighted by Crippen LogP contribution is -2.34. The molecule has 1 fully saturated rings. The molecule has 0 spiro atoms. The smallest absolute Gasteiger partial charge is 0.233 e. The number of ether oxygens (including phenoxy) is 2. The number of hydrogen-bond donors (Lipinski definition) is 1. The normalized spacial score (nSPS) is 20.1. The predicted molar refractivity (Wildman–Crippen MR) is 78.1 cm³/mol. The van der Waals surface area contributed by atoms with Gasteiger partial charge < -0.3 is 19.5 Å². The van der Waals surface area contributed by atoms with Gasteiger partial charge in [-0.15, -0.1) is 11.8 Å². The molecule has 1 heterocycles. The molecule has 1 aromatic rings. The molecule has 110 valence electrons. The number of aliphatic hydroxyl groups is 1. The Balaban J connectivity index is 2.35. The van der Waals surface area contributed by atoms with Crippen molar-refractivity contribution in [1.29, 1.82) is 0 Å². The fraction of sp³-hybridized carbons (Fsp3) is 0.500. The largest absolute Gasteiger partial charge is 0.497 e. The summed E-state index contributed by atoms with van der Waals surface area (Å²) in [5, 5.41) is 9.41. The Bertz CT molecular complexity index is 492. The first-order valence-electron chi connectivity index (χ1n) is 6.38. The zero-order chi connectivity index (χ0) is 14.7. The quantitative estimate of drug-likeness (QED) is 0.895. The number of β-amino-alcohol motifs (C(OH)–C–C–N with tert-alkyl or cyclic N) is 1. The molecule has 0 bridgehead atoms. The van der Waals surface area contributed by atoms with Crippen molar-refractivity contribution < 1.29 is 19.4 Å². The number of amides is 1. The van der Waals surface area contributed by atoms with E-state index in [4.69, 9.17) is 9.47 Å². The molecule has 2 unspecified atom stereocenters. The minimum atomic E-state index is -0.559. The van der Waals surface area contributed by atoms with Crippen molar-refractivity contribution in [2.45, 2.75) is 18.4 Å². The van der Waals surface area contributed by atoms with Gasteiger partial charge in [-0.1, -0.05) is 0 Å². The number of rotatable bonds is 5. The second kappa shape index (κ2) is 6.37. The lowest BCUT2D eigenvalue weighted by atomic mass is 10.1. The Hall–Kier alpha value is -1.40. The molecule has 1 N–H and O–H groups in total. The third-order valence-electron chi connectivity index (χ3n) is 3.13. The first-order valence-corrected chi connectivity index (χ1v) is 7.42. The van der Waals surface area contributed by atoms with Crippen LogP contribution in [-0.2, 0) is 4.79 Å². The Morgan fingerprint density at radius 3 is 2.80 bits per heavy atom. The summed E-state index contributed by atoms with van der Waals surface area (Å²) in [7, 11) is 3.21. The standard InChI is InChI=1S/C14H19NO4S/c1-9(16)7-15-13(17)8-20-14(15)11-6-10(18-2)4-5-12(11)19-3/h4-6,9,14,16H,7-8H2,1-3H3. The van der Waals surface area contributed by atoms with E-state index in [9.17, 15) is 9.90 Å². The van der Waals surface area contributed by atoms with Crippen molar-refractivity contribution in [3.63, 3.8) is 0 Å². The topological polar surface area (TPSA) is 59.0 Å². The van der Waals surface area contributed by atoms with Crippen LogP contribution in [0.15, 0.2) is 18.2 Å². The molecule has 20 heavy (non-hydrogen) atoms. The van der Waals surface area contributed by atoms with E-state index in [1.165, 1.54) is 11.8 Å². The van der Waals surface area contributed by atoms with E-state index in [1.807, 2.05) is 18.2 Å². The number of methoxy groups -OCH3 is 2. The van der Waals surface area contributed by atoms with Crippen LogP contribution in [0.3, 0.4) is 0 Å². The number of carbonyl (C=O) groups is 1. The number of carbonyl (C=O) groups excluding carboxylic acids is 1. The molecule has 1 aromatic carbocycles. The van der Waals surface area contributed by atoms with E-state index in [0.717, 1.165) is 11.3 Å². The Morgan fingerprint density at radius 2 is 2.20 bits per heavy atom. The number of benzene rings is 1. The highest BCUT2D eigenvalue weighted by Crippen LogP contribution is 2.43. The molecule has 2 atom stereocenters. The van der Waals surface area contributed by atoms with Crippen LogP contribution >= 0.6 is 11.8 Å². The molecule has 6 heteroatoms. The maximum Gasteiger partial charge on any atom is 0.233 e. The molecule has 0 aliphatic carbocycles. The molecule has 1 aliphatic heterocycles. The van der Waals surface area contributed by atoms with Gasteiger partial charge in [-0.2, -0.15) is 0 Å². The van der Waals surface area contributed by atoms with Crippen LogP contribution in [0.25, 0.3) is 0 Å². The molecule has 0 radical (unpaired) electrons. The van der Waals surface area contributed by atoms with E-state index in [2.05, 4.69) is 0 Å². The third kappa shape index (κ3) is 3.02. The van der Waals surface area contributed by atoms with E-state index >= 15 is 0 Å². The summed E-state index contributed by atoms with van der Waals surface area (Å²) in [6.45, 7) is 1.99. The summed E-state index contributed by atoms with van der Waals surface area (Å²) >= 11 is 1.53. The van der Waals surface area contributed by atoms with Crippen molar-refractivity contribution in [1.82, 2.24) is 4.90 Å². The van der Waals surface area contributed by atoms with E-state index in [0.29, 0.717) is 18.0 Å². The Labute approximate surface area is 122 Å². The minimum absolute atomic E-state index is 0.0331. The van der Waals surface area contributed by atoms with Gasteiger partial charge in [-0.25, -0.2) is 0 Å². The second-order valence-electron chi connectivity index (χ2n) is 4.67. The average Bonchev–Trinajstić information content (AvgIpc) is 2.79. The van der Waals surface area contributed by atoms with E-state index in [1.54, 1.807) is 26.0 Å². The minimum Gasteiger partial charge on any atom is -0.497 e. The first kappa shape index (κ1) is 15.0. The molecule has 2 rings (SSSR count). The average molecular weight is 297 g/mol. The van der Waals surface area contributed by atoms with Gasteiger partial charge in [0, 0.05) is 12.1 Å². The van der Waals surface area contributed by atoms with E-state index in [-0.39, 0.29) is 11.3 Å². The van der Waals surface area contributed by atoms with Gasteiger partial charge >= 0.3 is 0 Å². The van der Waals surface area contributed by atoms with Gasteiger partial charge in [0.2, 0.25) is 5.91 Å². The summed E-state index contributed by atoms with van der Waals surface area (Å²) in [5.41, 5.74) is 0.892. The van der Waals surface area contributed by atoms with Gasteiger partial charge in [-0.05, 0) is 25.1 Å². The molecular weight excluding hydrogens is 278 g/mol. The number of aliphatic hydroxyl groups excluding tert-OH is 1. The number of thioether (sulfide) groups is 1. The monoisotopic (exact) mass is 297 g/mol. The van der Waals surface area contributed by atoms with Crippen molar-refractivity contribution in [3.05, 3.63) is 23.8 Å². The number of nitrogens with zero attached hydrogens (tertiary/aromatic N) is 1. The van der Waals surface area contributed by atoms with Crippen LogP contribution in [0.5, 0.6) is 11.5 Å². The Kier molecular flexibility index (Phi) is 4.77. The summed E-state index contributed by atoms with van der Waals surface area (Å²) in [6, 6.07) is 5.53. The predicted octanol–water partition coefficient (Wildman–Crippen LogP) is 1.66. The highest BCUT2D eigenvalue weighted by molar-refractivity contribution is 8.00. The van der Waals surface area contributed by atoms with Crippen molar-refractivity contribution in [3.8, 4) is 11.5 Å². The summed E-state index contributed by atoms with van der Waals surface area (Å²) in [6.07, 6.45) is -0.559. The van der Waals surface area contributed by atoms with Gasteiger partial charge in [0.05, 0.1) is 26.1 Å². The Morgan fingerprint density at radius 1 is 1.45 bits per heavy atom. The van der Waals surface area contributed by atoms with Crippen molar-refractivity contribution in [2.24, 2.45) is 0 Å². The highest BCUT2D eigenvalue weighted by Gasteiger charge is 2.35. The van der Waals surface area contributed by atoms with Gasteiger partial charge in [0.15, 0.2) is 0 Å². The van der Waals surface area contributed by atoms with Crippen LogP contribution in [0.2, 0.25) is 0 Å². The highest BCUT2D eigenvalue weighted by atomic mass is 32.2. The van der Waals surface area contributed by atoms with Crippen LogP contribution in [0.4, 0.5) is 0 Å². The SMILES string of the molecule is COc1ccc(OC)c(C2SCC(=O)N2CC(C)O)c1. The maximum absolute atomic E-state index is 12.0. The van der Waals surface area contributed by atoms with Crippen LogP contribution in [-0.4, -0.2) is 48.5 Å². The molecule has 5 nitrogen and oxygen atoms in total. The van der Waals surface area contributed by atoms with Gasteiger partial charge in [0.25, 0.3) is 0 Å². The molecular formula is C14H19NO4S. The number of hydrogen-bond acceptors (Lipinski definition) is 5. The fourth-order valence-corrected chi connectivity index (χ4v) is 3.44. The van der Waals surface area contributed by atoms with Crippen LogP contribution in [0, 0.1) is 0 Å². The van der Waals surface area contributed by atoms with Crippen LogP contribution < -0.4 is 9.47 Å². The zero-order valence-electron chi connectivity index (χ0n) is 11.8. The molecule has 0 saturated carbocycles. The summed E-state index contributed by atoms with van der Waals surface area (Å²) in [5.74, 6) is 1.88. The second-order valence-corrected chi connectivity index (χ2v) is 5.73. The van der Waals surface area contributed by atoms with Gasteiger partial charge in [-0.3, -0.25) is 4.79 Å². The molecule has 1 amide bonds. The lowest BCUT2D eigenvalue weighted by molar-refractivity contribution is -0.129. The maximum atomic E-state index is 12.0. The van der Waals surface area contributed by atoms with Crippen molar-refractivity contribution >= 4 is 17.7 Å². The molecule has 0 aromatic heterocycles. The zero-order valence-corrected chi connectivity index (χ0v) is 12.6. The fourth-order valence-electron chi connectivity index (χ4n) is 2.23. The molecule has 1 saturated heterocycles. The van der Waals surface area contributed by atoms with Crippen molar-refractivity contribution in [2.75, 3.05) is 26.5 Å². The molecule has 1 aliphatic rings. The lowest BCUT2D eigenvalue weighted by Gasteiger charge is -2.26.